The molecule has 1 amide bonds. The fourth-order valence-electron chi connectivity index (χ4n) is 3.02. The van der Waals surface area contributed by atoms with Gasteiger partial charge >= 0.3 is 0 Å². The largest absolute Gasteiger partial charge is 0.302 e. The molecule has 140 valence electrons. The van der Waals surface area contributed by atoms with Gasteiger partial charge in [-0.2, -0.15) is 4.31 Å². The molecule has 1 aliphatic rings. The van der Waals surface area contributed by atoms with E-state index in [0.29, 0.717) is 41.9 Å². The van der Waals surface area contributed by atoms with Gasteiger partial charge in [0.2, 0.25) is 15.9 Å². The average molecular weight is 394 g/mol. The van der Waals surface area contributed by atoms with Gasteiger partial charge in [-0.15, -0.1) is 11.3 Å². The van der Waals surface area contributed by atoms with Gasteiger partial charge in [0.1, 0.15) is 0 Å². The molecule has 26 heavy (non-hydrogen) atoms. The van der Waals surface area contributed by atoms with E-state index in [1.165, 1.54) is 15.6 Å². The van der Waals surface area contributed by atoms with Gasteiger partial charge in [-0.1, -0.05) is 26.0 Å². The first-order valence-corrected chi connectivity index (χ1v) is 11.0. The van der Waals surface area contributed by atoms with E-state index < -0.39 is 10.0 Å². The van der Waals surface area contributed by atoms with Crippen molar-refractivity contribution in [1.82, 2.24) is 9.29 Å². The standard InChI is InChI=1S/C18H23N3O3S2/c1-13(2)14-3-5-16(6-4-14)26(23,24)21-10-7-15(8-11-21)17(22)20-18-19-9-12-25-18/h3-6,9,12-13,15H,7-8,10-11H2,1-2H3,(H,19,20,22). The van der Waals surface area contributed by atoms with Crippen molar-refractivity contribution in [3.05, 3.63) is 41.4 Å². The third kappa shape index (κ3) is 4.13. The van der Waals surface area contributed by atoms with E-state index in [9.17, 15) is 13.2 Å². The molecule has 0 unspecified atom stereocenters. The van der Waals surface area contributed by atoms with Crippen LogP contribution >= 0.6 is 11.3 Å². The Bertz CT molecular complexity index is 838. The maximum Gasteiger partial charge on any atom is 0.243 e. The number of hydrogen-bond acceptors (Lipinski definition) is 5. The maximum absolute atomic E-state index is 12.8. The summed E-state index contributed by atoms with van der Waals surface area (Å²) < 4.78 is 27.1. The van der Waals surface area contributed by atoms with E-state index in [1.807, 2.05) is 12.1 Å². The number of nitrogens with zero attached hydrogens (tertiary/aromatic N) is 2. The topological polar surface area (TPSA) is 79.4 Å². The van der Waals surface area contributed by atoms with Crippen LogP contribution in [0.5, 0.6) is 0 Å². The normalized spacial score (nSPS) is 16.7. The first kappa shape index (κ1) is 19.0. The molecule has 1 saturated heterocycles. The molecule has 0 atom stereocenters. The summed E-state index contributed by atoms with van der Waals surface area (Å²) in [5, 5.41) is 5.17. The lowest BCUT2D eigenvalue weighted by Gasteiger charge is -2.30. The number of amides is 1. The van der Waals surface area contributed by atoms with Crippen LogP contribution < -0.4 is 5.32 Å². The lowest BCUT2D eigenvalue weighted by Crippen LogP contribution is -2.41. The third-order valence-electron chi connectivity index (χ3n) is 4.67. The predicted molar refractivity (Wildman–Crippen MR) is 103 cm³/mol. The van der Waals surface area contributed by atoms with Crippen molar-refractivity contribution >= 4 is 32.4 Å². The fourth-order valence-corrected chi connectivity index (χ4v) is 5.03. The summed E-state index contributed by atoms with van der Waals surface area (Å²) in [7, 11) is -3.51. The maximum atomic E-state index is 12.8. The van der Waals surface area contributed by atoms with Gasteiger partial charge in [-0.3, -0.25) is 4.79 Å². The molecule has 1 N–H and O–H groups in total. The SMILES string of the molecule is CC(C)c1ccc(S(=O)(=O)N2CCC(C(=O)Nc3nccs3)CC2)cc1. The van der Waals surface area contributed by atoms with Gasteiger partial charge in [0.05, 0.1) is 4.90 Å². The van der Waals surface area contributed by atoms with Gasteiger partial charge in [0, 0.05) is 30.6 Å². The van der Waals surface area contributed by atoms with E-state index >= 15 is 0 Å². The number of sulfonamides is 1. The second-order valence-corrected chi connectivity index (χ2v) is 9.56. The number of hydrogen-bond donors (Lipinski definition) is 1. The van der Waals surface area contributed by atoms with Crippen molar-refractivity contribution in [1.29, 1.82) is 0 Å². The molecule has 1 aromatic carbocycles. The van der Waals surface area contributed by atoms with Crippen molar-refractivity contribution in [2.24, 2.45) is 5.92 Å². The highest BCUT2D eigenvalue weighted by Gasteiger charge is 2.32. The quantitative estimate of drug-likeness (QED) is 0.845. The summed E-state index contributed by atoms with van der Waals surface area (Å²) in [6.45, 7) is 4.85. The average Bonchev–Trinajstić information content (AvgIpc) is 3.15. The van der Waals surface area contributed by atoms with Crippen molar-refractivity contribution in [2.45, 2.75) is 37.5 Å². The number of anilines is 1. The third-order valence-corrected chi connectivity index (χ3v) is 7.27. The van der Waals surface area contributed by atoms with Crippen LogP contribution in [-0.4, -0.2) is 36.7 Å². The minimum Gasteiger partial charge on any atom is -0.302 e. The van der Waals surface area contributed by atoms with Crippen LogP contribution in [-0.2, 0) is 14.8 Å². The molecule has 0 spiro atoms. The van der Waals surface area contributed by atoms with Crippen molar-refractivity contribution in [3.8, 4) is 0 Å². The second kappa shape index (κ2) is 7.85. The highest BCUT2D eigenvalue weighted by molar-refractivity contribution is 7.89. The lowest BCUT2D eigenvalue weighted by atomic mass is 9.97. The molecule has 0 aliphatic carbocycles. The van der Waals surface area contributed by atoms with E-state index in [1.54, 1.807) is 23.7 Å². The summed E-state index contributed by atoms with van der Waals surface area (Å²) >= 11 is 1.37. The van der Waals surface area contributed by atoms with Gasteiger partial charge in [-0.05, 0) is 36.5 Å². The number of nitrogens with one attached hydrogen (secondary N) is 1. The number of benzene rings is 1. The summed E-state index contributed by atoms with van der Waals surface area (Å²) in [6, 6.07) is 7.08. The monoisotopic (exact) mass is 393 g/mol. The Kier molecular flexibility index (Phi) is 5.74. The zero-order valence-corrected chi connectivity index (χ0v) is 16.5. The highest BCUT2D eigenvalue weighted by Crippen LogP contribution is 2.26. The van der Waals surface area contributed by atoms with Crippen LogP contribution in [0.3, 0.4) is 0 Å². The van der Waals surface area contributed by atoms with Crippen LogP contribution in [0.15, 0.2) is 40.7 Å². The molecule has 0 radical (unpaired) electrons. The number of carbonyl (C=O) groups is 1. The smallest absolute Gasteiger partial charge is 0.243 e. The van der Waals surface area contributed by atoms with E-state index in [-0.39, 0.29) is 11.8 Å². The number of carbonyl (C=O) groups excluding carboxylic acids is 1. The van der Waals surface area contributed by atoms with Gasteiger partial charge in [0.25, 0.3) is 0 Å². The first-order valence-electron chi connectivity index (χ1n) is 8.68. The second-order valence-electron chi connectivity index (χ2n) is 6.73. The van der Waals surface area contributed by atoms with Gasteiger partial charge in [-0.25, -0.2) is 13.4 Å². The van der Waals surface area contributed by atoms with Crippen LogP contribution in [0.25, 0.3) is 0 Å². The summed E-state index contributed by atoms with van der Waals surface area (Å²) in [5.74, 6) is 0.0887. The van der Waals surface area contributed by atoms with Crippen molar-refractivity contribution in [2.75, 3.05) is 18.4 Å². The van der Waals surface area contributed by atoms with Crippen LogP contribution in [0, 0.1) is 5.92 Å². The highest BCUT2D eigenvalue weighted by atomic mass is 32.2. The zero-order chi connectivity index (χ0) is 18.7. The summed E-state index contributed by atoms with van der Waals surface area (Å²) in [4.78, 5) is 16.6. The Morgan fingerprint density at radius 2 is 1.88 bits per heavy atom. The number of thiazole rings is 1. The molecule has 1 aliphatic heterocycles. The van der Waals surface area contributed by atoms with Crippen LogP contribution in [0.2, 0.25) is 0 Å². The first-order chi connectivity index (χ1) is 12.4. The minimum atomic E-state index is -3.51. The molecule has 2 heterocycles. The molecule has 3 rings (SSSR count). The van der Waals surface area contributed by atoms with Gasteiger partial charge < -0.3 is 5.32 Å². The van der Waals surface area contributed by atoms with Gasteiger partial charge in [0.15, 0.2) is 5.13 Å². The van der Waals surface area contributed by atoms with E-state index in [4.69, 9.17) is 0 Å². The van der Waals surface area contributed by atoms with E-state index in [2.05, 4.69) is 24.1 Å². The Morgan fingerprint density at radius 1 is 1.23 bits per heavy atom. The number of aromatic nitrogens is 1. The predicted octanol–water partition coefficient (Wildman–Crippen LogP) is 3.31. The summed E-state index contributed by atoms with van der Waals surface area (Å²) in [5.41, 5.74) is 1.11. The zero-order valence-electron chi connectivity index (χ0n) is 14.9. The fraction of sp³-hybridized carbons (Fsp3) is 0.444. The number of rotatable bonds is 5. The molecule has 2 aromatic rings. The lowest BCUT2D eigenvalue weighted by molar-refractivity contribution is -0.120. The molecule has 6 nitrogen and oxygen atoms in total. The molecule has 0 saturated carbocycles. The van der Waals surface area contributed by atoms with Crippen molar-refractivity contribution in [3.63, 3.8) is 0 Å². The van der Waals surface area contributed by atoms with Crippen LogP contribution in [0.4, 0.5) is 5.13 Å². The molecule has 1 fully saturated rings. The molecular formula is C18H23N3O3S2. The number of piperidine rings is 1. The molecular weight excluding hydrogens is 370 g/mol. The summed E-state index contributed by atoms with van der Waals surface area (Å²) in [6.07, 6.45) is 2.67. The van der Waals surface area contributed by atoms with E-state index in [0.717, 1.165) is 5.56 Å². The molecule has 8 heteroatoms. The Hall–Kier alpha value is -1.77. The van der Waals surface area contributed by atoms with Crippen molar-refractivity contribution < 1.29 is 13.2 Å². The van der Waals surface area contributed by atoms with Crippen LogP contribution in [0.1, 0.15) is 38.2 Å². The Morgan fingerprint density at radius 3 is 2.42 bits per heavy atom. The Balaban J connectivity index is 1.62. The minimum absolute atomic E-state index is 0.0849. The molecule has 0 bridgehead atoms. The Labute approximate surface area is 158 Å². The molecule has 1 aromatic heterocycles.